The summed E-state index contributed by atoms with van der Waals surface area (Å²) in [5, 5.41) is 18.1. The van der Waals surface area contributed by atoms with Crippen molar-refractivity contribution >= 4 is 52.7 Å². The van der Waals surface area contributed by atoms with Gasteiger partial charge in [-0.1, -0.05) is 6.07 Å². The number of carboxylic acid groups (broad SMARTS) is 1. The van der Waals surface area contributed by atoms with E-state index < -0.39 is 43.1 Å². The molecule has 4 N–H and O–H groups in total. The molecule has 0 saturated heterocycles. The van der Waals surface area contributed by atoms with Crippen molar-refractivity contribution in [3.63, 3.8) is 0 Å². The molecule has 0 spiro atoms. The second-order valence-electron chi connectivity index (χ2n) is 8.50. The van der Waals surface area contributed by atoms with Crippen molar-refractivity contribution in [2.45, 2.75) is 19.9 Å². The van der Waals surface area contributed by atoms with Gasteiger partial charge in [0.2, 0.25) is 0 Å². The van der Waals surface area contributed by atoms with Crippen LogP contribution in [0.5, 0.6) is 23.0 Å². The van der Waals surface area contributed by atoms with Crippen LogP contribution in [-0.2, 0) is 19.1 Å². The Balaban J connectivity index is 1.66. The average Bonchev–Trinajstić information content (AvgIpc) is 2.94. The highest BCUT2D eigenvalue weighted by Gasteiger charge is 2.32. The maximum Gasteiger partial charge on any atom is 0.341 e. The first-order valence-electron chi connectivity index (χ1n) is 12.4. The first-order chi connectivity index (χ1) is 20.1. The molecule has 1 aliphatic heterocycles. The zero-order chi connectivity index (χ0) is 30.8. The van der Waals surface area contributed by atoms with Crippen molar-refractivity contribution < 1.29 is 48.0 Å². The number of hydrogen-bond donors (Lipinski definition) is 4. The van der Waals surface area contributed by atoms with Crippen molar-refractivity contribution in [1.82, 2.24) is 16.1 Å². The number of hydrogen-bond acceptors (Lipinski definition) is 10. The molecule has 0 saturated carbocycles. The van der Waals surface area contributed by atoms with Gasteiger partial charge >= 0.3 is 18.0 Å². The summed E-state index contributed by atoms with van der Waals surface area (Å²) in [5.74, 6) is -1.16. The third-order valence-corrected chi connectivity index (χ3v) is 6.44. The van der Waals surface area contributed by atoms with Crippen LogP contribution in [0.2, 0.25) is 0 Å². The lowest BCUT2D eigenvalue weighted by Gasteiger charge is -2.28. The summed E-state index contributed by atoms with van der Waals surface area (Å²) >= 11 is 1.97. The maximum atomic E-state index is 12.6. The van der Waals surface area contributed by atoms with Crippen LogP contribution in [0.4, 0.5) is 4.79 Å². The van der Waals surface area contributed by atoms with Crippen LogP contribution in [0.15, 0.2) is 46.7 Å². The highest BCUT2D eigenvalue weighted by atomic mass is 127. The first kappa shape index (κ1) is 32.0. The number of hydrazone groups is 1. The maximum absolute atomic E-state index is 12.6. The third kappa shape index (κ3) is 8.25. The minimum Gasteiger partial charge on any atom is -0.493 e. The highest BCUT2D eigenvalue weighted by Crippen LogP contribution is 2.35. The van der Waals surface area contributed by atoms with Crippen molar-refractivity contribution in [2.75, 3.05) is 34.0 Å². The lowest BCUT2D eigenvalue weighted by atomic mass is 9.95. The van der Waals surface area contributed by atoms with Gasteiger partial charge in [0, 0.05) is 5.70 Å². The standard InChI is InChI=1S/C27H29IN4O10/c1-5-40-26(36)23-14(2)30-27(37)31-24(23)16-6-7-18(19(10-16)38-3)41-12-21(33)32-29-11-15-8-17(28)25(20(9-15)39-4)42-13-22(34)35/h6-11,24H,5,12-13H2,1-4H3,(H,32,33)(H,34,35)(H2,30,31,37)/b29-11-/t24-/m0/s1. The summed E-state index contributed by atoms with van der Waals surface area (Å²) in [4.78, 5) is 47.9. The van der Waals surface area contributed by atoms with Crippen LogP contribution in [0.25, 0.3) is 0 Å². The number of nitrogens with one attached hydrogen (secondary N) is 3. The minimum atomic E-state index is -1.12. The number of carboxylic acids is 1. The van der Waals surface area contributed by atoms with Crippen LogP contribution in [0.1, 0.15) is 31.0 Å². The van der Waals surface area contributed by atoms with E-state index in [0.29, 0.717) is 26.1 Å². The second kappa shape index (κ2) is 14.9. The molecule has 0 aromatic heterocycles. The molecule has 0 aliphatic carbocycles. The molecule has 0 fully saturated rings. The van der Waals surface area contributed by atoms with Crippen LogP contribution in [-0.4, -0.2) is 69.2 Å². The fourth-order valence-corrected chi connectivity index (χ4v) is 4.63. The number of allylic oxidation sites excluding steroid dienone is 1. The number of esters is 1. The quantitative estimate of drug-likeness (QED) is 0.105. The van der Waals surface area contributed by atoms with Crippen LogP contribution >= 0.6 is 22.6 Å². The molecule has 0 bridgehead atoms. The van der Waals surface area contributed by atoms with Crippen molar-refractivity contribution in [2.24, 2.45) is 5.10 Å². The number of nitrogens with zero attached hydrogens (tertiary/aromatic N) is 1. The van der Waals surface area contributed by atoms with Crippen LogP contribution in [0, 0.1) is 3.57 Å². The molecule has 1 aliphatic rings. The zero-order valence-corrected chi connectivity index (χ0v) is 25.3. The SMILES string of the molecule is CCOC(=O)C1=C(C)NC(=O)N[C@H]1c1ccc(OCC(=O)N/N=C\c2cc(I)c(OCC(=O)O)c(OC)c2)c(OC)c1. The monoisotopic (exact) mass is 696 g/mol. The Hall–Kier alpha value is -4.54. The summed E-state index contributed by atoms with van der Waals surface area (Å²) in [7, 11) is 2.83. The number of methoxy groups -OCH3 is 2. The number of carbonyl (C=O) groups excluding carboxylic acids is 3. The molecule has 2 aromatic carbocycles. The molecule has 3 amide bonds. The molecule has 0 unspecified atom stereocenters. The topological polar surface area (TPSA) is 183 Å². The van der Waals surface area contributed by atoms with E-state index >= 15 is 0 Å². The predicted molar refractivity (Wildman–Crippen MR) is 157 cm³/mol. The fourth-order valence-electron chi connectivity index (χ4n) is 3.85. The van der Waals surface area contributed by atoms with Gasteiger partial charge in [0.1, 0.15) is 0 Å². The van der Waals surface area contributed by atoms with Crippen molar-refractivity contribution in [3.05, 3.63) is 56.3 Å². The molecule has 2 aromatic rings. The average molecular weight is 696 g/mol. The Morgan fingerprint density at radius 1 is 1.07 bits per heavy atom. The molecule has 224 valence electrons. The number of urea groups is 1. The van der Waals surface area contributed by atoms with Crippen LogP contribution < -0.4 is 35.0 Å². The fraction of sp³-hybridized carbons (Fsp3) is 0.296. The number of ether oxygens (including phenoxy) is 5. The molecular formula is C27H29IN4O10. The van der Waals surface area contributed by atoms with Gasteiger partial charge < -0.3 is 39.4 Å². The van der Waals surface area contributed by atoms with E-state index in [-0.39, 0.29) is 29.4 Å². The van der Waals surface area contributed by atoms with Crippen molar-refractivity contribution in [3.8, 4) is 23.0 Å². The number of aliphatic carboxylic acids is 1. The predicted octanol–water partition coefficient (Wildman–Crippen LogP) is 2.49. The lowest BCUT2D eigenvalue weighted by molar-refractivity contribution is -0.140. The highest BCUT2D eigenvalue weighted by molar-refractivity contribution is 14.1. The Kier molecular flexibility index (Phi) is 11.3. The van der Waals surface area contributed by atoms with Gasteiger partial charge in [0.25, 0.3) is 5.91 Å². The Morgan fingerprint density at radius 3 is 2.48 bits per heavy atom. The molecule has 14 nitrogen and oxygen atoms in total. The largest absolute Gasteiger partial charge is 0.493 e. The van der Waals surface area contributed by atoms with Gasteiger partial charge in [-0.3, -0.25) is 4.79 Å². The van der Waals surface area contributed by atoms with E-state index in [2.05, 4.69) is 21.2 Å². The van der Waals surface area contributed by atoms with Gasteiger partial charge in [0.15, 0.2) is 36.2 Å². The van der Waals surface area contributed by atoms with E-state index in [9.17, 15) is 19.2 Å². The number of halogens is 1. The Labute approximate surface area is 254 Å². The van der Waals surface area contributed by atoms with Gasteiger partial charge in [-0.15, -0.1) is 0 Å². The van der Waals surface area contributed by atoms with E-state index in [4.69, 9.17) is 28.8 Å². The molecule has 3 rings (SSSR count). The normalized spacial score (nSPS) is 14.5. The summed E-state index contributed by atoms with van der Waals surface area (Å²) in [5.41, 5.74) is 4.07. The summed E-state index contributed by atoms with van der Waals surface area (Å²) in [6.45, 7) is 2.54. The van der Waals surface area contributed by atoms with Gasteiger partial charge in [-0.25, -0.2) is 19.8 Å². The Morgan fingerprint density at radius 2 is 1.81 bits per heavy atom. The molecule has 1 atom stereocenters. The van der Waals surface area contributed by atoms with Crippen LogP contribution in [0.3, 0.4) is 0 Å². The molecular weight excluding hydrogens is 667 g/mol. The second-order valence-corrected chi connectivity index (χ2v) is 9.66. The molecule has 1 heterocycles. The van der Waals surface area contributed by atoms with Gasteiger partial charge in [-0.05, 0) is 71.8 Å². The first-order valence-corrected chi connectivity index (χ1v) is 13.5. The number of carbonyl (C=O) groups is 4. The minimum absolute atomic E-state index is 0.168. The van der Waals surface area contributed by atoms with E-state index in [1.54, 1.807) is 44.2 Å². The zero-order valence-electron chi connectivity index (χ0n) is 23.1. The molecule has 15 heteroatoms. The van der Waals surface area contributed by atoms with E-state index in [1.807, 2.05) is 22.6 Å². The molecule has 0 radical (unpaired) electrons. The van der Waals surface area contributed by atoms with E-state index in [1.165, 1.54) is 20.4 Å². The lowest BCUT2D eigenvalue weighted by Crippen LogP contribution is -2.45. The summed E-state index contributed by atoms with van der Waals surface area (Å²) in [6, 6.07) is 6.76. The molecule has 42 heavy (non-hydrogen) atoms. The third-order valence-electron chi connectivity index (χ3n) is 5.64. The number of rotatable bonds is 13. The van der Waals surface area contributed by atoms with E-state index in [0.717, 1.165) is 0 Å². The van der Waals surface area contributed by atoms with Gasteiger partial charge in [-0.2, -0.15) is 5.10 Å². The number of amides is 3. The van der Waals surface area contributed by atoms with Crippen molar-refractivity contribution in [1.29, 1.82) is 0 Å². The Bertz CT molecular complexity index is 1430. The smallest absolute Gasteiger partial charge is 0.341 e. The summed E-state index contributed by atoms with van der Waals surface area (Å²) in [6.07, 6.45) is 1.38. The number of benzene rings is 2. The summed E-state index contributed by atoms with van der Waals surface area (Å²) < 4.78 is 27.3. The van der Waals surface area contributed by atoms with Gasteiger partial charge in [0.05, 0.1) is 42.2 Å².